The second kappa shape index (κ2) is 7.11. The van der Waals surface area contributed by atoms with Crippen LogP contribution in [-0.4, -0.2) is 43.6 Å². The third-order valence-electron chi connectivity index (χ3n) is 5.48. The number of carbonyl (C=O) groups is 1. The Hall–Kier alpha value is -3.00. The molecule has 8 heteroatoms. The fourth-order valence-electron chi connectivity index (χ4n) is 4.13. The summed E-state index contributed by atoms with van der Waals surface area (Å²) in [5.74, 6) is 0.950. The highest BCUT2D eigenvalue weighted by Gasteiger charge is 2.29. The van der Waals surface area contributed by atoms with Crippen LogP contribution in [0.4, 0.5) is 0 Å². The van der Waals surface area contributed by atoms with Crippen molar-refractivity contribution >= 4 is 28.3 Å². The van der Waals surface area contributed by atoms with E-state index in [1.807, 2.05) is 48.6 Å². The molecule has 0 spiro atoms. The maximum atomic E-state index is 13.6. The number of fused-ring (bicyclic) bond motifs is 1. The molecule has 1 aliphatic heterocycles. The molecule has 29 heavy (non-hydrogen) atoms. The fraction of sp³-hybridized carbons (Fsp3) is 0.333. The summed E-state index contributed by atoms with van der Waals surface area (Å²) < 4.78 is 7.26. The number of carbonyl (C=O) groups excluding carboxylic acids is 1. The molecule has 4 aromatic rings. The summed E-state index contributed by atoms with van der Waals surface area (Å²) in [7, 11) is 1.85. The number of hydrogen-bond donors (Lipinski definition) is 0. The first-order valence-electron chi connectivity index (χ1n) is 9.68. The molecule has 1 amide bonds. The molecule has 5 rings (SSSR count). The van der Waals surface area contributed by atoms with Gasteiger partial charge >= 0.3 is 0 Å². The Labute approximate surface area is 172 Å². The number of aryl methyl sites for hydroxylation is 2. The lowest BCUT2D eigenvalue weighted by Crippen LogP contribution is -2.39. The third-order valence-corrected chi connectivity index (χ3v) is 6.42. The molecule has 7 nitrogen and oxygen atoms in total. The molecule has 148 valence electrons. The number of rotatable bonds is 3. The molecule has 5 heterocycles. The Morgan fingerprint density at radius 1 is 1.38 bits per heavy atom. The largest absolute Gasteiger partial charge is 0.463 e. The van der Waals surface area contributed by atoms with E-state index in [2.05, 4.69) is 10.1 Å². The molecule has 0 aromatic carbocycles. The van der Waals surface area contributed by atoms with Gasteiger partial charge in [-0.25, -0.2) is 9.97 Å². The number of hydrogen-bond acceptors (Lipinski definition) is 6. The summed E-state index contributed by atoms with van der Waals surface area (Å²) >= 11 is 1.66. The zero-order valence-electron chi connectivity index (χ0n) is 16.3. The molecule has 0 N–H and O–H groups in total. The van der Waals surface area contributed by atoms with Crippen LogP contribution in [0, 0.1) is 6.92 Å². The minimum absolute atomic E-state index is 0.0163. The second-order valence-corrected chi connectivity index (χ2v) is 8.33. The van der Waals surface area contributed by atoms with Gasteiger partial charge in [0.1, 0.15) is 5.69 Å². The number of likely N-dealkylation sites (tertiary alicyclic amines) is 1. The third kappa shape index (κ3) is 3.13. The van der Waals surface area contributed by atoms with E-state index >= 15 is 0 Å². The Bertz CT molecular complexity index is 1160. The van der Waals surface area contributed by atoms with Gasteiger partial charge in [-0.15, -0.1) is 11.3 Å². The zero-order valence-corrected chi connectivity index (χ0v) is 17.1. The summed E-state index contributed by atoms with van der Waals surface area (Å²) in [6, 6.07) is 5.51. The number of furan rings is 1. The van der Waals surface area contributed by atoms with Crippen molar-refractivity contribution in [2.75, 3.05) is 13.1 Å². The maximum Gasteiger partial charge on any atom is 0.254 e. The van der Waals surface area contributed by atoms with Crippen LogP contribution in [0.25, 0.3) is 22.5 Å². The van der Waals surface area contributed by atoms with Crippen LogP contribution in [0.3, 0.4) is 0 Å². The first kappa shape index (κ1) is 18.1. The first-order valence-corrected chi connectivity index (χ1v) is 10.6. The smallest absolute Gasteiger partial charge is 0.254 e. The Balaban J connectivity index is 1.57. The number of nitrogens with zero attached hydrogens (tertiary/aromatic N) is 5. The molecule has 0 aliphatic carbocycles. The van der Waals surface area contributed by atoms with Crippen molar-refractivity contribution in [2.24, 2.45) is 7.05 Å². The monoisotopic (exact) mass is 407 g/mol. The van der Waals surface area contributed by atoms with E-state index in [-0.39, 0.29) is 5.91 Å². The second-order valence-electron chi connectivity index (χ2n) is 7.40. The number of thiazole rings is 1. The molecule has 1 aliphatic rings. The zero-order chi connectivity index (χ0) is 20.0. The molecule has 1 atom stereocenters. The Morgan fingerprint density at radius 3 is 3.03 bits per heavy atom. The standard InChI is InChI=1S/C21H21N5O2S/c1-13-18-15(11-16(17-6-4-9-28-17)23-19(18)25(2)24-13)21(27)26-8-3-5-14(12-26)20-22-7-10-29-20/h4,6-7,9-11,14H,3,5,8,12H2,1-2H3. The van der Waals surface area contributed by atoms with E-state index in [4.69, 9.17) is 9.40 Å². The molecule has 0 saturated carbocycles. The predicted molar refractivity (Wildman–Crippen MR) is 111 cm³/mol. The van der Waals surface area contributed by atoms with Gasteiger partial charge in [0.25, 0.3) is 5.91 Å². The van der Waals surface area contributed by atoms with E-state index in [1.165, 1.54) is 0 Å². The van der Waals surface area contributed by atoms with Gasteiger partial charge in [-0.3, -0.25) is 9.48 Å². The van der Waals surface area contributed by atoms with Gasteiger partial charge in [0, 0.05) is 37.6 Å². The van der Waals surface area contributed by atoms with Crippen LogP contribution in [0.5, 0.6) is 0 Å². The number of piperidine rings is 1. The van der Waals surface area contributed by atoms with Crippen molar-refractivity contribution in [3.8, 4) is 11.5 Å². The summed E-state index contributed by atoms with van der Waals surface area (Å²) in [4.78, 5) is 24.7. The highest BCUT2D eigenvalue weighted by molar-refractivity contribution is 7.09. The molecular weight excluding hydrogens is 386 g/mol. The summed E-state index contributed by atoms with van der Waals surface area (Å²) in [6.07, 6.45) is 5.48. The summed E-state index contributed by atoms with van der Waals surface area (Å²) in [5, 5.41) is 8.42. The van der Waals surface area contributed by atoms with Crippen LogP contribution >= 0.6 is 11.3 Å². The van der Waals surface area contributed by atoms with Crippen molar-refractivity contribution in [3.05, 3.63) is 52.3 Å². The minimum Gasteiger partial charge on any atom is -0.463 e. The van der Waals surface area contributed by atoms with E-state index in [9.17, 15) is 4.79 Å². The van der Waals surface area contributed by atoms with Crippen LogP contribution in [0.2, 0.25) is 0 Å². The molecular formula is C21H21N5O2S. The van der Waals surface area contributed by atoms with Crippen molar-refractivity contribution < 1.29 is 9.21 Å². The van der Waals surface area contributed by atoms with Gasteiger partial charge < -0.3 is 9.32 Å². The van der Waals surface area contributed by atoms with Crippen molar-refractivity contribution in [2.45, 2.75) is 25.7 Å². The fourth-order valence-corrected chi connectivity index (χ4v) is 4.90. The van der Waals surface area contributed by atoms with Crippen LogP contribution in [0.1, 0.15) is 39.8 Å². The lowest BCUT2D eigenvalue weighted by molar-refractivity contribution is 0.0709. The maximum absolute atomic E-state index is 13.6. The number of aromatic nitrogens is 4. The molecule has 0 radical (unpaired) electrons. The highest BCUT2D eigenvalue weighted by Crippen LogP contribution is 2.32. The van der Waals surface area contributed by atoms with Crippen molar-refractivity contribution in [1.82, 2.24) is 24.6 Å². The Kier molecular flexibility index (Phi) is 4.43. The van der Waals surface area contributed by atoms with Gasteiger partial charge in [0.05, 0.1) is 27.9 Å². The molecule has 1 saturated heterocycles. The molecule has 1 unspecified atom stereocenters. The van der Waals surface area contributed by atoms with Crippen LogP contribution in [0.15, 0.2) is 40.5 Å². The van der Waals surface area contributed by atoms with E-state index < -0.39 is 0 Å². The summed E-state index contributed by atoms with van der Waals surface area (Å²) in [6.45, 7) is 3.35. The average molecular weight is 407 g/mol. The summed E-state index contributed by atoms with van der Waals surface area (Å²) in [5.41, 5.74) is 2.76. The lowest BCUT2D eigenvalue weighted by atomic mass is 9.97. The highest BCUT2D eigenvalue weighted by atomic mass is 32.1. The number of pyridine rings is 1. The molecule has 4 aromatic heterocycles. The molecule has 0 bridgehead atoms. The quantitative estimate of drug-likeness (QED) is 0.513. The average Bonchev–Trinajstić information content (AvgIpc) is 3.50. The Morgan fingerprint density at radius 2 is 2.28 bits per heavy atom. The van der Waals surface area contributed by atoms with E-state index in [0.29, 0.717) is 35.1 Å². The van der Waals surface area contributed by atoms with Crippen molar-refractivity contribution in [3.63, 3.8) is 0 Å². The van der Waals surface area contributed by atoms with Gasteiger partial charge in [0.2, 0.25) is 0 Å². The first-order chi connectivity index (χ1) is 14.1. The van der Waals surface area contributed by atoms with Crippen LogP contribution in [-0.2, 0) is 7.05 Å². The van der Waals surface area contributed by atoms with Crippen LogP contribution < -0.4 is 0 Å². The number of amides is 1. The van der Waals surface area contributed by atoms with Gasteiger partial charge in [0.15, 0.2) is 11.4 Å². The predicted octanol–water partition coefficient (Wildman–Crippen LogP) is 4.01. The normalized spacial score (nSPS) is 17.2. The van der Waals surface area contributed by atoms with Crippen molar-refractivity contribution in [1.29, 1.82) is 0 Å². The molecule has 1 fully saturated rings. The van der Waals surface area contributed by atoms with Gasteiger partial charge in [-0.05, 0) is 38.0 Å². The van der Waals surface area contributed by atoms with Gasteiger partial charge in [-0.2, -0.15) is 5.10 Å². The lowest BCUT2D eigenvalue weighted by Gasteiger charge is -2.32. The van der Waals surface area contributed by atoms with E-state index in [1.54, 1.807) is 22.3 Å². The minimum atomic E-state index is 0.0163. The topological polar surface area (TPSA) is 77.0 Å². The van der Waals surface area contributed by atoms with Gasteiger partial charge in [-0.1, -0.05) is 0 Å². The van der Waals surface area contributed by atoms with E-state index in [0.717, 1.165) is 35.5 Å². The SMILES string of the molecule is Cc1nn(C)c2nc(-c3ccco3)cc(C(=O)N3CCCC(c4nccs4)C3)c12.